The Kier molecular flexibility index (Phi) is 7.33. The van der Waals surface area contributed by atoms with Crippen LogP contribution in [0.2, 0.25) is 0 Å². The summed E-state index contributed by atoms with van der Waals surface area (Å²) in [6, 6.07) is 20.9. The van der Waals surface area contributed by atoms with Crippen molar-refractivity contribution >= 4 is 32.8 Å². The molecule has 3 aromatic carbocycles. The molecule has 0 spiro atoms. The molecule has 0 radical (unpaired) electrons. The first-order chi connectivity index (χ1) is 17.0. The van der Waals surface area contributed by atoms with Crippen LogP contribution in [0.15, 0.2) is 77.7 Å². The van der Waals surface area contributed by atoms with Crippen LogP contribution in [0.25, 0.3) is 10.8 Å². The second-order valence-electron chi connectivity index (χ2n) is 9.76. The molecular weight excluding hydrogens is 478 g/mol. The van der Waals surface area contributed by atoms with Gasteiger partial charge in [-0.25, -0.2) is 13.2 Å². The van der Waals surface area contributed by atoms with Crippen LogP contribution in [0.3, 0.4) is 0 Å². The van der Waals surface area contributed by atoms with Gasteiger partial charge in [0.25, 0.3) is 0 Å². The summed E-state index contributed by atoms with van der Waals surface area (Å²) in [5.74, 6) is -0.443. The first-order valence-corrected chi connectivity index (χ1v) is 13.3. The van der Waals surface area contributed by atoms with Crippen LogP contribution < -0.4 is 5.32 Å². The van der Waals surface area contributed by atoms with Crippen molar-refractivity contribution in [2.75, 3.05) is 19.6 Å². The lowest BCUT2D eigenvalue weighted by molar-refractivity contribution is -0.128. The number of benzene rings is 3. The maximum absolute atomic E-state index is 13.3. The molecule has 1 heterocycles. The Morgan fingerprint density at radius 3 is 2.31 bits per heavy atom. The molecule has 1 atom stereocenters. The topological polar surface area (TPSA) is 96.0 Å². The summed E-state index contributed by atoms with van der Waals surface area (Å²) in [5, 5.41) is 5.03. The lowest BCUT2D eigenvalue weighted by Crippen LogP contribution is -2.61. The summed E-state index contributed by atoms with van der Waals surface area (Å²) < 4.78 is 33.2. The molecule has 2 amide bonds. The van der Waals surface area contributed by atoms with Crippen LogP contribution in [-0.4, -0.2) is 60.9 Å². The lowest BCUT2D eigenvalue weighted by atomic mass is 10.1. The SMILES string of the molecule is CC(C)(C)OC(=O)N1CCN(S(=O)(=O)c2ccccc2)C[C@H]1C(=O)NCc1ccc2ccccc2c1. The molecule has 3 aromatic rings. The third-order valence-corrected chi connectivity index (χ3v) is 7.81. The molecule has 0 unspecified atom stereocenters. The van der Waals surface area contributed by atoms with Crippen LogP contribution in [0.5, 0.6) is 0 Å². The minimum Gasteiger partial charge on any atom is -0.444 e. The van der Waals surface area contributed by atoms with Crippen LogP contribution in [0.1, 0.15) is 26.3 Å². The van der Waals surface area contributed by atoms with E-state index in [0.29, 0.717) is 0 Å². The number of fused-ring (bicyclic) bond motifs is 1. The van der Waals surface area contributed by atoms with E-state index in [1.54, 1.807) is 39.0 Å². The third-order valence-electron chi connectivity index (χ3n) is 5.94. The highest BCUT2D eigenvalue weighted by Gasteiger charge is 2.41. The number of carbonyl (C=O) groups excluding carboxylic acids is 2. The number of nitrogens with one attached hydrogen (secondary N) is 1. The number of hydrogen-bond donors (Lipinski definition) is 1. The first kappa shape index (κ1) is 25.7. The Bertz CT molecular complexity index is 1350. The molecule has 0 aliphatic carbocycles. The molecule has 8 nitrogen and oxygen atoms in total. The van der Waals surface area contributed by atoms with Gasteiger partial charge in [0, 0.05) is 26.2 Å². The van der Waals surface area contributed by atoms with E-state index in [-0.39, 0.29) is 31.1 Å². The minimum absolute atomic E-state index is 0.0367. The van der Waals surface area contributed by atoms with Crippen LogP contribution in [0, 0.1) is 0 Å². The number of carbonyl (C=O) groups is 2. The minimum atomic E-state index is -3.83. The number of piperazine rings is 1. The molecule has 0 saturated carbocycles. The molecule has 1 aliphatic heterocycles. The van der Waals surface area contributed by atoms with Gasteiger partial charge >= 0.3 is 6.09 Å². The maximum atomic E-state index is 13.3. The van der Waals surface area contributed by atoms with Gasteiger partial charge in [-0.3, -0.25) is 9.69 Å². The summed E-state index contributed by atoms with van der Waals surface area (Å²) in [6.07, 6.45) is -0.648. The molecule has 190 valence electrons. The molecule has 1 saturated heterocycles. The van der Waals surface area contributed by atoms with Crippen LogP contribution in [-0.2, 0) is 26.1 Å². The van der Waals surface area contributed by atoms with Crippen molar-refractivity contribution in [1.82, 2.24) is 14.5 Å². The molecule has 0 bridgehead atoms. The number of ether oxygens (including phenoxy) is 1. The summed E-state index contributed by atoms with van der Waals surface area (Å²) in [6.45, 7) is 5.41. The number of amides is 2. The van der Waals surface area contributed by atoms with Gasteiger partial charge in [0.15, 0.2) is 0 Å². The van der Waals surface area contributed by atoms with Crippen molar-refractivity contribution < 1.29 is 22.7 Å². The maximum Gasteiger partial charge on any atom is 0.411 e. The molecule has 0 aromatic heterocycles. The predicted octanol–water partition coefficient (Wildman–Crippen LogP) is 3.77. The van der Waals surface area contributed by atoms with E-state index in [9.17, 15) is 18.0 Å². The van der Waals surface area contributed by atoms with Gasteiger partial charge < -0.3 is 10.1 Å². The molecule has 4 rings (SSSR count). The van der Waals surface area contributed by atoms with Crippen molar-refractivity contribution in [3.8, 4) is 0 Å². The normalized spacial score (nSPS) is 17.1. The lowest BCUT2D eigenvalue weighted by Gasteiger charge is -2.40. The van der Waals surface area contributed by atoms with E-state index in [4.69, 9.17) is 4.74 Å². The summed E-state index contributed by atoms with van der Waals surface area (Å²) >= 11 is 0. The Balaban J connectivity index is 1.54. The predicted molar refractivity (Wildman–Crippen MR) is 138 cm³/mol. The summed E-state index contributed by atoms with van der Waals surface area (Å²) in [7, 11) is -3.83. The Morgan fingerprint density at radius 1 is 0.944 bits per heavy atom. The standard InChI is InChI=1S/C27H31N3O5S/c1-27(2,3)35-26(32)30-16-15-29(36(33,34)23-11-5-4-6-12-23)19-24(30)25(31)28-18-20-13-14-21-9-7-8-10-22(21)17-20/h4-14,17,24H,15-16,18-19H2,1-3H3,(H,28,31)/t24-/m0/s1. The van der Waals surface area contributed by atoms with E-state index in [1.807, 2.05) is 42.5 Å². The van der Waals surface area contributed by atoms with Gasteiger partial charge in [0.2, 0.25) is 15.9 Å². The fourth-order valence-corrected chi connectivity index (χ4v) is 5.60. The van der Waals surface area contributed by atoms with Crippen molar-refractivity contribution in [2.45, 2.75) is 43.9 Å². The molecule has 1 aliphatic rings. The zero-order valence-corrected chi connectivity index (χ0v) is 21.5. The Morgan fingerprint density at radius 2 is 1.61 bits per heavy atom. The summed E-state index contributed by atoms with van der Waals surface area (Å²) in [5.41, 5.74) is 0.145. The average molecular weight is 510 g/mol. The van der Waals surface area contributed by atoms with Crippen molar-refractivity contribution in [3.63, 3.8) is 0 Å². The van der Waals surface area contributed by atoms with Gasteiger partial charge in [0.1, 0.15) is 11.6 Å². The van der Waals surface area contributed by atoms with Crippen molar-refractivity contribution in [2.24, 2.45) is 0 Å². The Hall–Kier alpha value is -3.43. The van der Waals surface area contributed by atoms with Crippen LogP contribution in [0.4, 0.5) is 4.79 Å². The summed E-state index contributed by atoms with van der Waals surface area (Å²) in [4.78, 5) is 27.7. The van der Waals surface area contributed by atoms with E-state index in [1.165, 1.54) is 21.3 Å². The number of sulfonamides is 1. The van der Waals surface area contributed by atoms with Gasteiger partial charge in [0.05, 0.1) is 4.90 Å². The fraction of sp³-hybridized carbons (Fsp3) is 0.333. The zero-order valence-electron chi connectivity index (χ0n) is 20.7. The van der Waals surface area contributed by atoms with Gasteiger partial charge in [-0.05, 0) is 55.3 Å². The largest absolute Gasteiger partial charge is 0.444 e. The average Bonchev–Trinajstić information content (AvgIpc) is 2.86. The van der Waals surface area contributed by atoms with Gasteiger partial charge in [-0.1, -0.05) is 54.6 Å². The van der Waals surface area contributed by atoms with Crippen LogP contribution >= 0.6 is 0 Å². The van der Waals surface area contributed by atoms with Crippen molar-refractivity contribution in [1.29, 1.82) is 0 Å². The number of hydrogen-bond acceptors (Lipinski definition) is 5. The number of rotatable bonds is 5. The molecular formula is C27H31N3O5S. The first-order valence-electron chi connectivity index (χ1n) is 11.8. The molecule has 1 fully saturated rings. The van der Waals surface area contributed by atoms with E-state index < -0.39 is 33.7 Å². The van der Waals surface area contributed by atoms with E-state index >= 15 is 0 Å². The highest BCUT2D eigenvalue weighted by Crippen LogP contribution is 2.22. The smallest absolute Gasteiger partial charge is 0.411 e. The zero-order chi connectivity index (χ0) is 25.9. The molecule has 36 heavy (non-hydrogen) atoms. The second-order valence-corrected chi connectivity index (χ2v) is 11.7. The molecule has 9 heteroatoms. The third kappa shape index (κ3) is 5.85. The number of nitrogens with zero attached hydrogens (tertiary/aromatic N) is 2. The highest BCUT2D eigenvalue weighted by molar-refractivity contribution is 7.89. The molecule has 1 N–H and O–H groups in total. The van der Waals surface area contributed by atoms with Crippen molar-refractivity contribution in [3.05, 3.63) is 78.4 Å². The fourth-order valence-electron chi connectivity index (χ4n) is 4.14. The van der Waals surface area contributed by atoms with E-state index in [0.717, 1.165) is 16.3 Å². The second kappa shape index (κ2) is 10.3. The highest BCUT2D eigenvalue weighted by atomic mass is 32.2. The van der Waals surface area contributed by atoms with E-state index in [2.05, 4.69) is 5.32 Å². The monoisotopic (exact) mass is 509 g/mol. The van der Waals surface area contributed by atoms with Gasteiger partial charge in [-0.15, -0.1) is 0 Å². The Labute approximate surface area is 211 Å². The quantitative estimate of drug-likeness (QED) is 0.565. The van der Waals surface area contributed by atoms with Gasteiger partial charge in [-0.2, -0.15) is 4.31 Å².